The number of carbonyl (C=O) groups excluding carboxylic acids is 3. The van der Waals surface area contributed by atoms with Crippen molar-refractivity contribution < 1.29 is 19.3 Å². The number of quaternary nitrogens is 1. The van der Waals surface area contributed by atoms with Crippen LogP contribution in [-0.4, -0.2) is 59.7 Å². The van der Waals surface area contributed by atoms with Crippen molar-refractivity contribution in [1.82, 2.24) is 9.80 Å². The molecule has 0 unspecified atom stereocenters. The van der Waals surface area contributed by atoms with Crippen LogP contribution in [0.25, 0.3) is 0 Å². The molecule has 2 saturated heterocycles. The lowest BCUT2D eigenvalue weighted by molar-refractivity contribution is -0.917. The molecule has 0 spiro atoms. The van der Waals surface area contributed by atoms with Crippen LogP contribution in [0.1, 0.15) is 25.3 Å². The maximum Gasteiger partial charge on any atom is 0.245 e. The highest BCUT2D eigenvalue weighted by Gasteiger charge is 2.50. The molecule has 3 atom stereocenters. The van der Waals surface area contributed by atoms with Gasteiger partial charge < -0.3 is 9.80 Å². The number of hydrogen-bond donors (Lipinski definition) is 1. The van der Waals surface area contributed by atoms with Gasteiger partial charge in [0.2, 0.25) is 17.7 Å². The van der Waals surface area contributed by atoms with E-state index >= 15 is 0 Å². The number of rotatable bonds is 4. The number of likely N-dealkylation sites (tertiary alicyclic amines) is 1. The smallest absolute Gasteiger partial charge is 0.245 e. The number of hydrogen-bond acceptors (Lipinski definition) is 3. The van der Waals surface area contributed by atoms with Gasteiger partial charge in [-0.25, -0.2) is 0 Å². The molecule has 1 aromatic rings. The van der Waals surface area contributed by atoms with Gasteiger partial charge >= 0.3 is 0 Å². The van der Waals surface area contributed by atoms with Gasteiger partial charge in [-0.05, 0) is 19.8 Å². The van der Waals surface area contributed by atoms with Crippen molar-refractivity contribution >= 4 is 17.7 Å². The Kier molecular flexibility index (Phi) is 5.31. The molecule has 28 heavy (non-hydrogen) atoms. The quantitative estimate of drug-likeness (QED) is 0.600. The topological polar surface area (TPSA) is 62.1 Å². The molecule has 0 aromatic heterocycles. The molecule has 1 aromatic carbocycles. The minimum absolute atomic E-state index is 0.105. The van der Waals surface area contributed by atoms with E-state index in [4.69, 9.17) is 0 Å². The Morgan fingerprint density at radius 1 is 1.04 bits per heavy atom. The lowest BCUT2D eigenvalue weighted by Gasteiger charge is -2.35. The van der Waals surface area contributed by atoms with Crippen molar-refractivity contribution in [2.45, 2.75) is 32.4 Å². The summed E-state index contributed by atoms with van der Waals surface area (Å²) in [6.45, 7) is 5.74. The first kappa shape index (κ1) is 18.9. The highest BCUT2D eigenvalue weighted by atomic mass is 16.2. The van der Waals surface area contributed by atoms with Crippen LogP contribution in [0, 0.1) is 11.8 Å². The SMILES string of the molecule is C[C@H](C(=O)N1CC[NH+](Cc2ccccc2)CC1)N1C(=O)[C@H]2CC=CC[C@@H]2C1=O. The Labute approximate surface area is 165 Å². The molecule has 0 bridgehead atoms. The van der Waals surface area contributed by atoms with Gasteiger partial charge in [0.15, 0.2) is 0 Å². The van der Waals surface area contributed by atoms with Crippen LogP contribution in [0.5, 0.6) is 0 Å². The fourth-order valence-corrected chi connectivity index (χ4v) is 4.69. The highest BCUT2D eigenvalue weighted by molar-refractivity contribution is 6.08. The monoisotopic (exact) mass is 382 g/mol. The number of amides is 3. The Morgan fingerprint density at radius 2 is 1.61 bits per heavy atom. The number of benzene rings is 1. The van der Waals surface area contributed by atoms with Crippen LogP contribution < -0.4 is 4.90 Å². The Bertz CT molecular complexity index is 757. The summed E-state index contributed by atoms with van der Waals surface area (Å²) in [5.41, 5.74) is 1.30. The lowest BCUT2D eigenvalue weighted by Crippen LogP contribution is -3.13. The van der Waals surface area contributed by atoms with E-state index in [0.29, 0.717) is 25.9 Å². The molecular weight excluding hydrogens is 354 g/mol. The molecule has 1 N–H and O–H groups in total. The van der Waals surface area contributed by atoms with E-state index < -0.39 is 6.04 Å². The summed E-state index contributed by atoms with van der Waals surface area (Å²) in [5.74, 6) is -1.01. The van der Waals surface area contributed by atoms with Crippen molar-refractivity contribution in [3.63, 3.8) is 0 Å². The van der Waals surface area contributed by atoms with E-state index in [1.54, 1.807) is 6.92 Å². The third-order valence-electron chi connectivity index (χ3n) is 6.37. The third kappa shape index (κ3) is 3.49. The van der Waals surface area contributed by atoms with E-state index in [0.717, 1.165) is 19.6 Å². The summed E-state index contributed by atoms with van der Waals surface area (Å²) in [7, 11) is 0. The second-order valence-corrected chi connectivity index (χ2v) is 8.12. The van der Waals surface area contributed by atoms with Crippen molar-refractivity contribution in [3.05, 3.63) is 48.0 Å². The number of nitrogens with one attached hydrogen (secondary N) is 1. The number of piperazine rings is 1. The van der Waals surface area contributed by atoms with Gasteiger partial charge in [0, 0.05) is 5.56 Å². The summed E-state index contributed by atoms with van der Waals surface area (Å²) >= 11 is 0. The van der Waals surface area contributed by atoms with Crippen molar-refractivity contribution in [2.75, 3.05) is 26.2 Å². The maximum absolute atomic E-state index is 13.0. The first-order valence-corrected chi connectivity index (χ1v) is 10.2. The summed E-state index contributed by atoms with van der Waals surface area (Å²) in [6, 6.07) is 9.67. The van der Waals surface area contributed by atoms with E-state index in [1.807, 2.05) is 35.3 Å². The molecule has 0 radical (unpaired) electrons. The molecule has 4 rings (SSSR count). The van der Waals surface area contributed by atoms with Gasteiger partial charge in [0.25, 0.3) is 0 Å². The molecule has 148 valence electrons. The van der Waals surface area contributed by atoms with Crippen molar-refractivity contribution in [3.8, 4) is 0 Å². The number of carbonyl (C=O) groups is 3. The Morgan fingerprint density at radius 3 is 2.18 bits per heavy atom. The molecule has 2 aliphatic heterocycles. The van der Waals surface area contributed by atoms with E-state index in [-0.39, 0.29) is 29.6 Å². The molecule has 2 heterocycles. The fourth-order valence-electron chi connectivity index (χ4n) is 4.69. The van der Waals surface area contributed by atoms with Crippen LogP contribution in [-0.2, 0) is 20.9 Å². The van der Waals surface area contributed by atoms with Crippen molar-refractivity contribution in [2.24, 2.45) is 11.8 Å². The van der Waals surface area contributed by atoms with E-state index in [9.17, 15) is 14.4 Å². The third-order valence-corrected chi connectivity index (χ3v) is 6.37. The number of fused-ring (bicyclic) bond motifs is 1. The Hall–Kier alpha value is -2.47. The summed E-state index contributed by atoms with van der Waals surface area (Å²) < 4.78 is 0. The van der Waals surface area contributed by atoms with Crippen LogP contribution in [0.2, 0.25) is 0 Å². The predicted octanol–water partition coefficient (Wildman–Crippen LogP) is 0.253. The summed E-state index contributed by atoms with van der Waals surface area (Å²) in [6.07, 6.45) is 5.15. The lowest BCUT2D eigenvalue weighted by atomic mass is 9.85. The second kappa shape index (κ2) is 7.87. The predicted molar refractivity (Wildman–Crippen MR) is 104 cm³/mol. The minimum atomic E-state index is -0.707. The van der Waals surface area contributed by atoms with Crippen LogP contribution in [0.15, 0.2) is 42.5 Å². The Balaban J connectivity index is 1.35. The first-order valence-electron chi connectivity index (χ1n) is 10.2. The normalized spacial score (nSPS) is 26.5. The molecule has 3 aliphatic rings. The highest BCUT2D eigenvalue weighted by Crippen LogP contribution is 2.36. The summed E-state index contributed by atoms with van der Waals surface area (Å²) in [5, 5.41) is 0. The molecule has 6 nitrogen and oxygen atoms in total. The maximum atomic E-state index is 13.0. The van der Waals surface area contributed by atoms with Gasteiger partial charge in [-0.1, -0.05) is 42.5 Å². The molecule has 0 saturated carbocycles. The van der Waals surface area contributed by atoms with Crippen LogP contribution in [0.4, 0.5) is 0 Å². The average molecular weight is 382 g/mol. The second-order valence-electron chi connectivity index (χ2n) is 8.12. The van der Waals surface area contributed by atoms with Crippen LogP contribution in [0.3, 0.4) is 0 Å². The van der Waals surface area contributed by atoms with Gasteiger partial charge in [-0.15, -0.1) is 0 Å². The number of allylic oxidation sites excluding steroid dienone is 2. The largest absolute Gasteiger partial charge is 0.330 e. The molecule has 3 amide bonds. The molecule has 6 heteroatoms. The van der Waals surface area contributed by atoms with Crippen LogP contribution >= 0.6 is 0 Å². The van der Waals surface area contributed by atoms with Gasteiger partial charge in [-0.3, -0.25) is 19.3 Å². The fraction of sp³-hybridized carbons (Fsp3) is 0.500. The minimum Gasteiger partial charge on any atom is -0.330 e. The van der Waals surface area contributed by atoms with Gasteiger partial charge in [0.1, 0.15) is 12.6 Å². The van der Waals surface area contributed by atoms with E-state index in [2.05, 4.69) is 12.1 Å². The first-order chi connectivity index (χ1) is 13.6. The zero-order valence-electron chi connectivity index (χ0n) is 16.3. The molecular formula is C22H28N3O3+. The average Bonchev–Trinajstić information content (AvgIpc) is 2.99. The van der Waals surface area contributed by atoms with Crippen molar-refractivity contribution in [1.29, 1.82) is 0 Å². The number of nitrogens with zero attached hydrogens (tertiary/aromatic N) is 2. The zero-order chi connectivity index (χ0) is 19.7. The molecule has 2 fully saturated rings. The van der Waals surface area contributed by atoms with Gasteiger partial charge in [0.05, 0.1) is 38.0 Å². The summed E-state index contributed by atoms with van der Waals surface area (Å²) in [4.78, 5) is 43.0. The standard InChI is InChI=1S/C22H27N3O3/c1-16(25-21(27)18-9-5-6-10-19(18)22(25)28)20(26)24-13-11-23(12-14-24)15-17-7-3-2-4-8-17/h2-8,16,18-19H,9-15H2,1H3/p+1/t16-,18+,19+/m1/s1. The van der Waals surface area contributed by atoms with E-state index in [1.165, 1.54) is 15.4 Å². The molecule has 1 aliphatic carbocycles. The zero-order valence-corrected chi connectivity index (χ0v) is 16.3. The van der Waals surface area contributed by atoms with Gasteiger partial charge in [-0.2, -0.15) is 0 Å². The number of imide groups is 1.